The van der Waals surface area contributed by atoms with E-state index in [2.05, 4.69) is 0 Å². The summed E-state index contributed by atoms with van der Waals surface area (Å²) in [6, 6.07) is 17.3. The van der Waals surface area contributed by atoms with Crippen LogP contribution in [0.2, 0.25) is 0 Å². The molecule has 7 heteroatoms. The van der Waals surface area contributed by atoms with Gasteiger partial charge in [-0.25, -0.2) is 10.0 Å². The number of nitrogens with zero attached hydrogens (tertiary/aromatic N) is 3. The van der Waals surface area contributed by atoms with Crippen molar-refractivity contribution in [3.8, 4) is 0 Å². The zero-order valence-corrected chi connectivity index (χ0v) is 21.1. The van der Waals surface area contributed by atoms with E-state index in [4.69, 9.17) is 0 Å². The minimum absolute atomic E-state index is 0.164. The molecule has 2 aromatic carbocycles. The van der Waals surface area contributed by atoms with Crippen LogP contribution in [0.15, 0.2) is 66.9 Å². The van der Waals surface area contributed by atoms with Crippen LogP contribution in [0.3, 0.4) is 0 Å². The number of aliphatic hydroxyl groups is 1. The van der Waals surface area contributed by atoms with E-state index in [1.165, 1.54) is 21.8 Å². The van der Waals surface area contributed by atoms with Crippen molar-refractivity contribution in [3.63, 3.8) is 0 Å². The van der Waals surface area contributed by atoms with Gasteiger partial charge in [0.1, 0.15) is 6.04 Å². The molecule has 7 nitrogen and oxygen atoms in total. The zero-order chi connectivity index (χ0) is 25.7. The highest BCUT2D eigenvalue weighted by atomic mass is 16.3. The first-order valence-electron chi connectivity index (χ1n) is 12.0. The second-order valence-corrected chi connectivity index (χ2v) is 9.51. The second-order valence-electron chi connectivity index (χ2n) is 9.51. The SMILES string of the molecule is CC(=O)N([C@H](CO)Cc1ccccc1)N1C(=O)[C@@H](C(C)C)N(C(=O)C(C)C)C=C1c1ccccc1. The fourth-order valence-corrected chi connectivity index (χ4v) is 4.44. The molecule has 3 amide bonds. The maximum Gasteiger partial charge on any atom is 0.269 e. The molecule has 0 fully saturated rings. The van der Waals surface area contributed by atoms with Crippen molar-refractivity contribution in [2.75, 3.05) is 6.61 Å². The highest BCUT2D eigenvalue weighted by Crippen LogP contribution is 2.33. The Balaban J connectivity index is 2.19. The van der Waals surface area contributed by atoms with Crippen LogP contribution in [0.25, 0.3) is 5.70 Å². The predicted molar refractivity (Wildman–Crippen MR) is 135 cm³/mol. The summed E-state index contributed by atoms with van der Waals surface area (Å²) in [6.07, 6.45) is 2.04. The summed E-state index contributed by atoms with van der Waals surface area (Å²) in [7, 11) is 0. The Bertz CT molecular complexity index is 1070. The van der Waals surface area contributed by atoms with Crippen molar-refractivity contribution in [2.45, 2.75) is 53.1 Å². The summed E-state index contributed by atoms with van der Waals surface area (Å²) < 4.78 is 0. The summed E-state index contributed by atoms with van der Waals surface area (Å²) in [5, 5.41) is 13.1. The highest BCUT2D eigenvalue weighted by Gasteiger charge is 2.45. The van der Waals surface area contributed by atoms with Gasteiger partial charge in [0.2, 0.25) is 11.8 Å². The Hall–Kier alpha value is -3.45. The van der Waals surface area contributed by atoms with Crippen molar-refractivity contribution in [1.82, 2.24) is 14.9 Å². The number of hydrogen-bond acceptors (Lipinski definition) is 4. The largest absolute Gasteiger partial charge is 0.394 e. The molecule has 1 heterocycles. The quantitative estimate of drug-likeness (QED) is 0.629. The van der Waals surface area contributed by atoms with Gasteiger partial charge in [0.05, 0.1) is 18.3 Å². The van der Waals surface area contributed by atoms with Crippen LogP contribution < -0.4 is 0 Å². The van der Waals surface area contributed by atoms with Gasteiger partial charge >= 0.3 is 0 Å². The van der Waals surface area contributed by atoms with Crippen LogP contribution in [0.1, 0.15) is 45.7 Å². The lowest BCUT2D eigenvalue weighted by Gasteiger charge is -2.47. The van der Waals surface area contributed by atoms with Crippen molar-refractivity contribution < 1.29 is 19.5 Å². The molecule has 0 unspecified atom stereocenters. The molecule has 1 aliphatic rings. The van der Waals surface area contributed by atoms with E-state index in [0.29, 0.717) is 17.7 Å². The monoisotopic (exact) mass is 477 g/mol. The maximum atomic E-state index is 14.1. The van der Waals surface area contributed by atoms with E-state index in [1.54, 1.807) is 20.0 Å². The van der Waals surface area contributed by atoms with Gasteiger partial charge in [-0.2, -0.15) is 0 Å². The summed E-state index contributed by atoms with van der Waals surface area (Å²) >= 11 is 0. The second kappa shape index (κ2) is 11.3. The fraction of sp³-hybridized carbons (Fsp3) is 0.393. The number of hydrazine groups is 1. The highest BCUT2D eigenvalue weighted by molar-refractivity contribution is 5.98. The number of carbonyl (C=O) groups excluding carboxylic acids is 3. The maximum absolute atomic E-state index is 14.1. The van der Waals surface area contributed by atoms with E-state index in [0.717, 1.165) is 5.56 Å². The molecule has 186 valence electrons. The first kappa shape index (κ1) is 26.2. The van der Waals surface area contributed by atoms with E-state index in [-0.39, 0.29) is 36.2 Å². The molecule has 0 bridgehead atoms. The lowest BCUT2D eigenvalue weighted by atomic mass is 9.96. The summed E-state index contributed by atoms with van der Waals surface area (Å²) in [4.78, 5) is 41.9. The molecule has 1 N–H and O–H groups in total. The third-order valence-electron chi connectivity index (χ3n) is 6.11. The molecule has 35 heavy (non-hydrogen) atoms. The number of hydrogen-bond donors (Lipinski definition) is 1. The third kappa shape index (κ3) is 5.62. The Morgan fingerprint density at radius 2 is 1.54 bits per heavy atom. The molecule has 0 aliphatic carbocycles. The van der Waals surface area contributed by atoms with E-state index in [9.17, 15) is 19.5 Å². The van der Waals surface area contributed by atoms with Crippen LogP contribution >= 0.6 is 0 Å². The zero-order valence-electron chi connectivity index (χ0n) is 21.1. The van der Waals surface area contributed by atoms with Crippen LogP contribution in [0.4, 0.5) is 0 Å². The molecule has 0 aromatic heterocycles. The Morgan fingerprint density at radius 1 is 0.971 bits per heavy atom. The molecule has 0 saturated carbocycles. The molecule has 0 saturated heterocycles. The number of benzene rings is 2. The van der Waals surface area contributed by atoms with Gasteiger partial charge in [0, 0.05) is 24.6 Å². The topological polar surface area (TPSA) is 81.2 Å². The van der Waals surface area contributed by atoms with Crippen molar-refractivity contribution in [3.05, 3.63) is 78.0 Å². The standard InChI is InChI=1S/C28H35N3O4/c1-19(2)26-28(35)31(30(21(5)33)24(18-32)16-22-12-8-6-9-13-22)25(23-14-10-7-11-15-23)17-29(26)27(34)20(3)4/h6-15,17,19-20,24,26,32H,16,18H2,1-5H3/t24-,26+/m0/s1. The average molecular weight is 478 g/mol. The smallest absolute Gasteiger partial charge is 0.269 e. The normalized spacial score (nSPS) is 17.0. The van der Waals surface area contributed by atoms with Gasteiger partial charge in [-0.15, -0.1) is 0 Å². The van der Waals surface area contributed by atoms with Crippen LogP contribution in [0.5, 0.6) is 0 Å². The van der Waals surface area contributed by atoms with Crippen molar-refractivity contribution >= 4 is 23.4 Å². The minimum Gasteiger partial charge on any atom is -0.394 e. The Labute approximate surface area is 207 Å². The van der Waals surface area contributed by atoms with Gasteiger partial charge in [-0.3, -0.25) is 14.4 Å². The predicted octanol–water partition coefficient (Wildman–Crippen LogP) is 3.70. The molecule has 1 aliphatic heterocycles. The van der Waals surface area contributed by atoms with Crippen LogP contribution in [-0.2, 0) is 20.8 Å². The Kier molecular flexibility index (Phi) is 8.46. The van der Waals surface area contributed by atoms with Crippen LogP contribution in [0, 0.1) is 11.8 Å². The molecule has 0 spiro atoms. The number of amides is 3. The molecule has 0 radical (unpaired) electrons. The molecular formula is C28H35N3O4. The molecular weight excluding hydrogens is 442 g/mol. The average Bonchev–Trinajstić information content (AvgIpc) is 2.84. The molecule has 3 rings (SSSR count). The van der Waals surface area contributed by atoms with Crippen molar-refractivity contribution in [2.24, 2.45) is 11.8 Å². The number of aliphatic hydroxyl groups excluding tert-OH is 1. The van der Waals surface area contributed by atoms with Gasteiger partial charge < -0.3 is 10.0 Å². The van der Waals surface area contributed by atoms with Gasteiger partial charge in [-0.05, 0) is 17.9 Å². The first-order chi connectivity index (χ1) is 16.7. The summed E-state index contributed by atoms with van der Waals surface area (Å²) in [5.41, 5.74) is 2.04. The lowest BCUT2D eigenvalue weighted by molar-refractivity contribution is -0.168. The summed E-state index contributed by atoms with van der Waals surface area (Å²) in [6.45, 7) is 8.43. The third-order valence-corrected chi connectivity index (χ3v) is 6.11. The summed E-state index contributed by atoms with van der Waals surface area (Å²) in [5.74, 6) is -1.42. The molecule has 2 aromatic rings. The van der Waals surface area contributed by atoms with Gasteiger partial charge in [0.25, 0.3) is 5.91 Å². The van der Waals surface area contributed by atoms with E-state index in [1.807, 2.05) is 74.5 Å². The fourth-order valence-electron chi connectivity index (χ4n) is 4.44. The lowest BCUT2D eigenvalue weighted by Crippen LogP contribution is -2.63. The van der Waals surface area contributed by atoms with Gasteiger partial charge in [0.15, 0.2) is 0 Å². The minimum atomic E-state index is -0.782. The first-order valence-corrected chi connectivity index (χ1v) is 12.0. The number of carbonyl (C=O) groups is 3. The van der Waals surface area contributed by atoms with Crippen LogP contribution in [-0.4, -0.2) is 56.4 Å². The number of rotatable bonds is 8. The van der Waals surface area contributed by atoms with Crippen molar-refractivity contribution in [1.29, 1.82) is 0 Å². The van der Waals surface area contributed by atoms with Gasteiger partial charge in [-0.1, -0.05) is 88.4 Å². The van der Waals surface area contributed by atoms with E-state index >= 15 is 0 Å². The van der Waals surface area contributed by atoms with E-state index < -0.39 is 12.1 Å². The Morgan fingerprint density at radius 3 is 2.03 bits per heavy atom. The molecule has 2 atom stereocenters.